The Kier molecular flexibility index (Phi) is 3.95. The first-order valence-electron chi connectivity index (χ1n) is 7.00. The Morgan fingerprint density at radius 1 is 1.26 bits per heavy atom. The van der Waals surface area contributed by atoms with Gasteiger partial charge >= 0.3 is 0 Å². The van der Waals surface area contributed by atoms with Crippen molar-refractivity contribution in [1.29, 1.82) is 0 Å². The predicted octanol–water partition coefficient (Wildman–Crippen LogP) is 2.32. The molecule has 0 aliphatic carbocycles. The molecule has 1 fully saturated rings. The van der Waals surface area contributed by atoms with Crippen LogP contribution in [-0.2, 0) is 5.41 Å². The van der Waals surface area contributed by atoms with Gasteiger partial charge in [-0.1, -0.05) is 45.9 Å². The highest BCUT2D eigenvalue weighted by Crippen LogP contribution is 2.25. The molecule has 1 aliphatic heterocycles. The van der Waals surface area contributed by atoms with E-state index in [0.29, 0.717) is 5.92 Å². The van der Waals surface area contributed by atoms with Gasteiger partial charge in [-0.25, -0.2) is 0 Å². The van der Waals surface area contributed by atoms with Crippen LogP contribution in [0.5, 0.6) is 0 Å². The lowest BCUT2D eigenvalue weighted by molar-refractivity contribution is 0.0930. The third-order valence-electron chi connectivity index (χ3n) is 3.81. The number of hydrogen-bond donors (Lipinski definition) is 2. The fraction of sp³-hybridized carbons (Fsp3) is 0.562. The van der Waals surface area contributed by atoms with Crippen LogP contribution >= 0.6 is 0 Å². The molecule has 0 aromatic heterocycles. The second-order valence-corrected chi connectivity index (χ2v) is 6.51. The van der Waals surface area contributed by atoms with Crippen molar-refractivity contribution < 1.29 is 4.79 Å². The van der Waals surface area contributed by atoms with Crippen molar-refractivity contribution in [2.24, 2.45) is 5.92 Å². The van der Waals surface area contributed by atoms with Crippen molar-refractivity contribution in [1.82, 2.24) is 10.6 Å². The molecule has 2 rings (SSSR count). The lowest BCUT2D eigenvalue weighted by Gasteiger charge is -2.24. The van der Waals surface area contributed by atoms with Crippen molar-refractivity contribution in [3.8, 4) is 0 Å². The molecule has 0 bridgehead atoms. The summed E-state index contributed by atoms with van der Waals surface area (Å²) in [4.78, 5) is 12.5. The number of benzene rings is 1. The predicted molar refractivity (Wildman–Crippen MR) is 78.4 cm³/mol. The van der Waals surface area contributed by atoms with E-state index >= 15 is 0 Å². The summed E-state index contributed by atoms with van der Waals surface area (Å²) < 4.78 is 0. The monoisotopic (exact) mass is 260 g/mol. The second-order valence-electron chi connectivity index (χ2n) is 6.51. The van der Waals surface area contributed by atoms with Crippen molar-refractivity contribution in [2.45, 2.75) is 39.2 Å². The van der Waals surface area contributed by atoms with E-state index in [1.54, 1.807) is 0 Å². The molecule has 2 unspecified atom stereocenters. The Bertz CT molecular complexity index is 462. The molecule has 0 radical (unpaired) electrons. The lowest BCUT2D eigenvalue weighted by atomic mass is 9.83. The van der Waals surface area contributed by atoms with E-state index in [-0.39, 0.29) is 17.4 Å². The van der Waals surface area contributed by atoms with Gasteiger partial charge in [-0.05, 0) is 29.5 Å². The van der Waals surface area contributed by atoms with E-state index in [4.69, 9.17) is 0 Å². The normalized spacial score (nSPS) is 23.4. The smallest absolute Gasteiger partial charge is 0.251 e. The van der Waals surface area contributed by atoms with Gasteiger partial charge in [-0.2, -0.15) is 0 Å². The van der Waals surface area contributed by atoms with Crippen LogP contribution in [0.15, 0.2) is 24.3 Å². The molecule has 104 valence electrons. The molecule has 1 aromatic carbocycles. The average Bonchev–Trinajstić information content (AvgIpc) is 2.74. The first kappa shape index (κ1) is 14.1. The third-order valence-corrected chi connectivity index (χ3v) is 3.81. The van der Waals surface area contributed by atoms with E-state index < -0.39 is 0 Å². The molecule has 2 N–H and O–H groups in total. The molecule has 0 saturated carbocycles. The Balaban J connectivity index is 2.20. The van der Waals surface area contributed by atoms with Crippen LogP contribution in [-0.4, -0.2) is 25.0 Å². The van der Waals surface area contributed by atoms with Gasteiger partial charge in [0.2, 0.25) is 0 Å². The number of amides is 1. The fourth-order valence-corrected chi connectivity index (χ4v) is 2.58. The van der Waals surface area contributed by atoms with Crippen LogP contribution in [0.3, 0.4) is 0 Å². The van der Waals surface area contributed by atoms with Crippen LogP contribution in [0.2, 0.25) is 0 Å². The Morgan fingerprint density at radius 2 is 1.95 bits per heavy atom. The molecule has 3 nitrogen and oxygen atoms in total. The minimum atomic E-state index is -0.0204. The van der Waals surface area contributed by atoms with E-state index in [2.05, 4.69) is 38.3 Å². The van der Waals surface area contributed by atoms with Gasteiger partial charge in [-0.3, -0.25) is 4.79 Å². The summed E-state index contributed by atoms with van der Waals surface area (Å²) in [6.07, 6.45) is 0. The van der Waals surface area contributed by atoms with Crippen molar-refractivity contribution in [3.05, 3.63) is 35.4 Å². The zero-order valence-electron chi connectivity index (χ0n) is 12.3. The second kappa shape index (κ2) is 5.33. The average molecular weight is 260 g/mol. The van der Waals surface area contributed by atoms with Crippen LogP contribution in [0.25, 0.3) is 0 Å². The molecular weight excluding hydrogens is 236 g/mol. The summed E-state index contributed by atoms with van der Waals surface area (Å²) >= 11 is 0. The zero-order valence-corrected chi connectivity index (χ0v) is 12.3. The van der Waals surface area contributed by atoms with Gasteiger partial charge in [-0.15, -0.1) is 0 Å². The maximum Gasteiger partial charge on any atom is 0.251 e. The molecule has 1 amide bonds. The van der Waals surface area contributed by atoms with Crippen molar-refractivity contribution in [3.63, 3.8) is 0 Å². The van der Waals surface area contributed by atoms with Gasteiger partial charge < -0.3 is 10.6 Å². The lowest BCUT2D eigenvalue weighted by Crippen LogP contribution is -2.40. The molecule has 19 heavy (non-hydrogen) atoms. The Hall–Kier alpha value is -1.35. The summed E-state index contributed by atoms with van der Waals surface area (Å²) in [6, 6.07) is 8.13. The molecular formula is C16H24N2O. The molecule has 1 heterocycles. The van der Waals surface area contributed by atoms with Gasteiger partial charge in [0.1, 0.15) is 0 Å². The van der Waals surface area contributed by atoms with Crippen LogP contribution < -0.4 is 10.6 Å². The quantitative estimate of drug-likeness (QED) is 0.857. The molecule has 1 saturated heterocycles. The van der Waals surface area contributed by atoms with Gasteiger partial charge in [0.25, 0.3) is 5.91 Å². The molecule has 3 heteroatoms. The highest BCUT2D eigenvalue weighted by Gasteiger charge is 2.27. The number of nitrogens with one attached hydrogen (secondary N) is 2. The van der Waals surface area contributed by atoms with Gasteiger partial charge in [0.15, 0.2) is 0 Å². The summed E-state index contributed by atoms with van der Waals surface area (Å²) in [5.74, 6) is 0.539. The first-order chi connectivity index (χ1) is 8.89. The number of rotatable bonds is 2. The van der Waals surface area contributed by atoms with Crippen molar-refractivity contribution >= 4 is 5.91 Å². The van der Waals surface area contributed by atoms with E-state index in [0.717, 1.165) is 24.2 Å². The Morgan fingerprint density at radius 3 is 2.53 bits per heavy atom. The minimum absolute atomic E-state index is 0.0204. The Labute approximate surface area is 115 Å². The van der Waals surface area contributed by atoms with E-state index in [1.807, 2.05) is 24.3 Å². The first-order valence-corrected chi connectivity index (χ1v) is 7.00. The standard InChI is InChI=1S/C16H24N2O/c1-11-9-17-10-14(11)18-15(19)12-7-5-6-8-13(12)16(2,3)4/h5-8,11,14,17H,9-10H2,1-4H3,(H,18,19). The number of carbonyl (C=O) groups is 1. The van der Waals surface area contributed by atoms with Gasteiger partial charge in [0.05, 0.1) is 0 Å². The topological polar surface area (TPSA) is 41.1 Å². The highest BCUT2D eigenvalue weighted by molar-refractivity contribution is 5.96. The van der Waals surface area contributed by atoms with Crippen molar-refractivity contribution in [2.75, 3.05) is 13.1 Å². The molecule has 1 aliphatic rings. The van der Waals surface area contributed by atoms with Gasteiger partial charge in [0, 0.05) is 18.2 Å². The minimum Gasteiger partial charge on any atom is -0.348 e. The maximum atomic E-state index is 12.5. The maximum absolute atomic E-state index is 12.5. The molecule has 0 spiro atoms. The highest BCUT2D eigenvalue weighted by atomic mass is 16.1. The van der Waals surface area contributed by atoms with E-state index in [1.165, 1.54) is 0 Å². The SMILES string of the molecule is CC1CNCC1NC(=O)c1ccccc1C(C)(C)C. The fourth-order valence-electron chi connectivity index (χ4n) is 2.58. The van der Waals surface area contributed by atoms with E-state index in [9.17, 15) is 4.79 Å². The number of carbonyl (C=O) groups excluding carboxylic acids is 1. The number of hydrogen-bond acceptors (Lipinski definition) is 2. The zero-order chi connectivity index (χ0) is 14.0. The van der Waals surface area contributed by atoms with Crippen LogP contribution in [0.1, 0.15) is 43.6 Å². The largest absolute Gasteiger partial charge is 0.348 e. The third kappa shape index (κ3) is 3.16. The van der Waals surface area contributed by atoms with Crippen LogP contribution in [0, 0.1) is 5.92 Å². The summed E-state index contributed by atoms with van der Waals surface area (Å²) in [7, 11) is 0. The summed E-state index contributed by atoms with van der Waals surface area (Å²) in [5, 5.41) is 6.47. The molecule has 1 aromatic rings. The van der Waals surface area contributed by atoms with Crippen LogP contribution in [0.4, 0.5) is 0 Å². The molecule has 2 atom stereocenters. The summed E-state index contributed by atoms with van der Waals surface area (Å²) in [6.45, 7) is 10.4. The summed E-state index contributed by atoms with van der Waals surface area (Å²) in [5.41, 5.74) is 1.88.